The molecule has 2 unspecified atom stereocenters. The zero-order chi connectivity index (χ0) is 10.6. The lowest BCUT2D eigenvalue weighted by atomic mass is 9.89. The van der Waals surface area contributed by atoms with Gasteiger partial charge >= 0.3 is 0 Å². The lowest BCUT2D eigenvalue weighted by molar-refractivity contribution is 0.361. The molecule has 0 N–H and O–H groups in total. The Bertz CT molecular complexity index is 172. The molecule has 1 aliphatic carbocycles. The molecule has 0 spiro atoms. The molecule has 1 fully saturated rings. The van der Waals surface area contributed by atoms with Gasteiger partial charge in [-0.2, -0.15) is 0 Å². The van der Waals surface area contributed by atoms with Gasteiger partial charge in [0.1, 0.15) is 0 Å². The summed E-state index contributed by atoms with van der Waals surface area (Å²) >= 11 is 0. The van der Waals surface area contributed by atoms with Gasteiger partial charge in [0.15, 0.2) is 0 Å². The first-order chi connectivity index (χ1) is 6.69. The van der Waals surface area contributed by atoms with Crippen molar-refractivity contribution in [2.24, 2.45) is 17.3 Å². The number of hydrogen-bond acceptors (Lipinski definition) is 0. The monoisotopic (exact) mass is 194 g/mol. The molecular formula is C14H26. The van der Waals surface area contributed by atoms with Crippen molar-refractivity contribution in [3.63, 3.8) is 0 Å². The molecule has 14 heavy (non-hydrogen) atoms. The molecule has 0 aromatic heterocycles. The van der Waals surface area contributed by atoms with E-state index in [0.29, 0.717) is 5.41 Å². The normalized spacial score (nSPS) is 35.6. The summed E-state index contributed by atoms with van der Waals surface area (Å²) in [6.45, 7) is 11.0. The minimum Gasteiger partial charge on any atom is -0.103 e. The van der Waals surface area contributed by atoms with Crippen LogP contribution in [0.4, 0.5) is 0 Å². The molecule has 0 aliphatic heterocycles. The molecule has 0 heterocycles. The maximum absolute atomic E-state index is 3.84. The Hall–Kier alpha value is -0.260. The maximum Gasteiger partial charge on any atom is -0.0238 e. The Morgan fingerprint density at radius 3 is 2.21 bits per heavy atom. The zero-order valence-electron chi connectivity index (χ0n) is 10.2. The molecule has 0 saturated heterocycles. The highest BCUT2D eigenvalue weighted by molar-refractivity contribution is 5.06. The quantitative estimate of drug-likeness (QED) is 0.403. The van der Waals surface area contributed by atoms with Crippen molar-refractivity contribution in [3.05, 3.63) is 12.7 Å². The standard InChI is InChI=1S/C14H26/c1-5-7-9-11-14(10-8-6-2)12(3)13(14)4/h6,12-13H,2,5,7-11H2,1,3-4H3. The average molecular weight is 194 g/mol. The molecule has 0 aromatic carbocycles. The Balaban J connectivity index is 2.36. The fourth-order valence-electron chi connectivity index (χ4n) is 3.06. The van der Waals surface area contributed by atoms with Crippen molar-refractivity contribution in [1.29, 1.82) is 0 Å². The molecule has 1 rings (SSSR count). The first-order valence-electron chi connectivity index (χ1n) is 6.30. The minimum absolute atomic E-state index is 0.698. The van der Waals surface area contributed by atoms with E-state index in [2.05, 4.69) is 33.4 Å². The van der Waals surface area contributed by atoms with Crippen LogP contribution in [0.15, 0.2) is 12.7 Å². The van der Waals surface area contributed by atoms with Gasteiger partial charge in [-0.05, 0) is 36.5 Å². The van der Waals surface area contributed by atoms with E-state index in [-0.39, 0.29) is 0 Å². The molecule has 0 amide bonds. The third-order valence-corrected chi connectivity index (χ3v) is 4.51. The second-order valence-corrected chi connectivity index (χ2v) is 5.09. The third kappa shape index (κ3) is 2.21. The molecule has 0 aromatic rings. The van der Waals surface area contributed by atoms with Crippen LogP contribution < -0.4 is 0 Å². The van der Waals surface area contributed by atoms with Crippen LogP contribution >= 0.6 is 0 Å². The third-order valence-electron chi connectivity index (χ3n) is 4.51. The Kier molecular flexibility index (Phi) is 4.22. The number of unbranched alkanes of at least 4 members (excludes halogenated alkanes) is 2. The molecule has 1 saturated carbocycles. The van der Waals surface area contributed by atoms with Crippen LogP contribution in [0.1, 0.15) is 59.3 Å². The molecule has 0 bridgehead atoms. The smallest absolute Gasteiger partial charge is 0.0238 e. The van der Waals surface area contributed by atoms with E-state index >= 15 is 0 Å². The van der Waals surface area contributed by atoms with Crippen molar-refractivity contribution in [2.45, 2.75) is 59.3 Å². The minimum atomic E-state index is 0.698. The molecule has 0 heteroatoms. The predicted molar refractivity (Wildman–Crippen MR) is 64.3 cm³/mol. The highest BCUT2D eigenvalue weighted by Crippen LogP contribution is 2.64. The van der Waals surface area contributed by atoms with Crippen LogP contribution in [-0.2, 0) is 0 Å². The van der Waals surface area contributed by atoms with Gasteiger partial charge < -0.3 is 0 Å². The van der Waals surface area contributed by atoms with Gasteiger partial charge in [0.2, 0.25) is 0 Å². The van der Waals surface area contributed by atoms with Crippen molar-refractivity contribution < 1.29 is 0 Å². The summed E-state index contributed by atoms with van der Waals surface area (Å²) in [7, 11) is 0. The van der Waals surface area contributed by atoms with Gasteiger partial charge in [0, 0.05) is 0 Å². The number of rotatable bonds is 7. The van der Waals surface area contributed by atoms with E-state index in [1.807, 2.05) is 0 Å². The zero-order valence-corrected chi connectivity index (χ0v) is 10.2. The van der Waals surface area contributed by atoms with Crippen LogP contribution in [-0.4, -0.2) is 0 Å². The topological polar surface area (TPSA) is 0 Å². The van der Waals surface area contributed by atoms with Gasteiger partial charge in [0.25, 0.3) is 0 Å². The summed E-state index contributed by atoms with van der Waals surface area (Å²) in [4.78, 5) is 0. The van der Waals surface area contributed by atoms with Crippen LogP contribution in [0.2, 0.25) is 0 Å². The average Bonchev–Trinajstić information content (AvgIpc) is 2.69. The number of hydrogen-bond donors (Lipinski definition) is 0. The van der Waals surface area contributed by atoms with E-state index in [1.54, 1.807) is 0 Å². The van der Waals surface area contributed by atoms with Crippen molar-refractivity contribution in [1.82, 2.24) is 0 Å². The molecule has 2 atom stereocenters. The van der Waals surface area contributed by atoms with Gasteiger partial charge in [-0.15, -0.1) is 6.58 Å². The van der Waals surface area contributed by atoms with Crippen molar-refractivity contribution >= 4 is 0 Å². The maximum atomic E-state index is 3.84. The molecular weight excluding hydrogens is 168 g/mol. The van der Waals surface area contributed by atoms with Gasteiger partial charge in [-0.25, -0.2) is 0 Å². The Labute approximate surface area is 89.8 Å². The lowest BCUT2D eigenvalue weighted by Gasteiger charge is -2.16. The summed E-state index contributed by atoms with van der Waals surface area (Å²) in [5, 5.41) is 0. The van der Waals surface area contributed by atoms with E-state index in [9.17, 15) is 0 Å². The Morgan fingerprint density at radius 2 is 1.79 bits per heavy atom. The highest BCUT2D eigenvalue weighted by Gasteiger charge is 2.56. The van der Waals surface area contributed by atoms with E-state index < -0.39 is 0 Å². The fourth-order valence-corrected chi connectivity index (χ4v) is 3.06. The van der Waals surface area contributed by atoms with Gasteiger partial charge in [0.05, 0.1) is 0 Å². The summed E-state index contributed by atoms with van der Waals surface area (Å²) in [6.07, 6.45) is 10.3. The van der Waals surface area contributed by atoms with Crippen LogP contribution in [0.25, 0.3) is 0 Å². The lowest BCUT2D eigenvalue weighted by Crippen LogP contribution is -2.04. The summed E-state index contributed by atoms with van der Waals surface area (Å²) in [6, 6.07) is 0. The predicted octanol–water partition coefficient (Wildman–Crippen LogP) is 4.81. The van der Waals surface area contributed by atoms with Gasteiger partial charge in [-0.3, -0.25) is 0 Å². The summed E-state index contributed by atoms with van der Waals surface area (Å²) in [5.74, 6) is 1.92. The first kappa shape index (κ1) is 11.8. The van der Waals surface area contributed by atoms with E-state index in [0.717, 1.165) is 11.8 Å². The SMILES string of the molecule is C=CCCC1(CCCCC)C(C)C1C. The molecule has 0 nitrogen and oxygen atoms in total. The Morgan fingerprint density at radius 1 is 1.14 bits per heavy atom. The van der Waals surface area contributed by atoms with Crippen molar-refractivity contribution in [2.75, 3.05) is 0 Å². The van der Waals surface area contributed by atoms with E-state index in [1.165, 1.54) is 38.5 Å². The highest BCUT2D eigenvalue weighted by atomic mass is 14.6. The summed E-state index contributed by atoms with van der Waals surface area (Å²) < 4.78 is 0. The van der Waals surface area contributed by atoms with E-state index in [4.69, 9.17) is 0 Å². The molecule has 82 valence electrons. The largest absolute Gasteiger partial charge is 0.103 e. The molecule has 0 radical (unpaired) electrons. The van der Waals surface area contributed by atoms with Crippen LogP contribution in [0.3, 0.4) is 0 Å². The van der Waals surface area contributed by atoms with Gasteiger partial charge in [-0.1, -0.05) is 46.1 Å². The van der Waals surface area contributed by atoms with Crippen LogP contribution in [0, 0.1) is 17.3 Å². The summed E-state index contributed by atoms with van der Waals surface area (Å²) in [5.41, 5.74) is 0.698. The first-order valence-corrected chi connectivity index (χ1v) is 6.30. The second kappa shape index (κ2) is 5.00. The van der Waals surface area contributed by atoms with Crippen LogP contribution in [0.5, 0.6) is 0 Å². The molecule has 1 aliphatic rings. The fraction of sp³-hybridized carbons (Fsp3) is 0.857. The second-order valence-electron chi connectivity index (χ2n) is 5.09. The van der Waals surface area contributed by atoms with Crippen molar-refractivity contribution in [3.8, 4) is 0 Å². The number of allylic oxidation sites excluding steroid dienone is 1.